The van der Waals surface area contributed by atoms with Crippen LogP contribution in [0.1, 0.15) is 58.2 Å². The average molecular weight is 340 g/mol. The largest absolute Gasteiger partial charge is 0.357 e. The van der Waals surface area contributed by atoms with Crippen LogP contribution in [0.5, 0.6) is 0 Å². The predicted octanol–water partition coefficient (Wildman–Crippen LogP) is 2.24. The van der Waals surface area contributed by atoms with Crippen molar-refractivity contribution in [2.24, 2.45) is 4.99 Å². The molecule has 0 atom stereocenters. The number of aromatic nitrogens is 1. The summed E-state index contributed by atoms with van der Waals surface area (Å²) in [4.78, 5) is 20.7. The van der Waals surface area contributed by atoms with Crippen molar-refractivity contribution in [1.82, 2.24) is 20.9 Å². The van der Waals surface area contributed by atoms with E-state index in [2.05, 4.69) is 45.2 Å². The molecule has 0 radical (unpaired) electrons. The number of hydrogen-bond donors (Lipinski definition) is 3. The Kier molecular flexibility index (Phi) is 7.48. The third kappa shape index (κ3) is 7.97. The number of hydrogen-bond acceptors (Lipinski definition) is 4. The van der Waals surface area contributed by atoms with Crippen LogP contribution < -0.4 is 16.0 Å². The van der Waals surface area contributed by atoms with Crippen molar-refractivity contribution in [3.63, 3.8) is 0 Å². The zero-order valence-electron chi connectivity index (χ0n) is 15.0. The molecule has 1 amide bonds. The molecule has 0 saturated carbocycles. The Morgan fingerprint density at radius 3 is 2.57 bits per heavy atom. The number of rotatable bonds is 6. The van der Waals surface area contributed by atoms with E-state index in [0.717, 1.165) is 17.2 Å². The van der Waals surface area contributed by atoms with Crippen LogP contribution in [0.3, 0.4) is 0 Å². The number of carbonyl (C=O) groups is 1. The summed E-state index contributed by atoms with van der Waals surface area (Å²) in [6.07, 6.45) is 0. The molecule has 0 bridgehead atoms. The highest BCUT2D eigenvalue weighted by atomic mass is 32.1. The molecule has 0 aliphatic carbocycles. The monoisotopic (exact) mass is 339 g/mol. The Bertz CT molecular complexity index is 531. The minimum Gasteiger partial charge on any atom is -0.357 e. The fourth-order valence-corrected chi connectivity index (χ4v) is 2.68. The van der Waals surface area contributed by atoms with Crippen LogP contribution in [-0.2, 0) is 11.3 Å². The molecular weight excluding hydrogens is 310 g/mol. The highest BCUT2D eigenvalue weighted by Crippen LogP contribution is 2.17. The summed E-state index contributed by atoms with van der Waals surface area (Å²) < 4.78 is 0. The molecule has 0 aliphatic rings. The van der Waals surface area contributed by atoms with Gasteiger partial charge in [0.15, 0.2) is 5.96 Å². The van der Waals surface area contributed by atoms with E-state index in [0.29, 0.717) is 18.4 Å². The van der Waals surface area contributed by atoms with Gasteiger partial charge in [0.05, 0.1) is 12.2 Å². The molecular formula is C16H29N5OS. The highest BCUT2D eigenvalue weighted by molar-refractivity contribution is 7.09. The van der Waals surface area contributed by atoms with Gasteiger partial charge in [-0.2, -0.15) is 0 Å². The highest BCUT2D eigenvalue weighted by Gasteiger charge is 2.13. The van der Waals surface area contributed by atoms with Gasteiger partial charge in [0, 0.05) is 17.5 Å². The van der Waals surface area contributed by atoms with Crippen molar-refractivity contribution >= 4 is 23.2 Å². The minimum absolute atomic E-state index is 0.0916. The molecule has 1 aromatic heterocycles. The number of carbonyl (C=O) groups excluding carboxylic acids is 1. The molecule has 7 heteroatoms. The third-order valence-electron chi connectivity index (χ3n) is 2.81. The summed E-state index contributed by atoms with van der Waals surface area (Å²) in [5.74, 6) is 0.965. The number of nitrogens with one attached hydrogen (secondary N) is 3. The fraction of sp³-hybridized carbons (Fsp3) is 0.688. The summed E-state index contributed by atoms with van der Waals surface area (Å²) in [7, 11) is 0. The maximum absolute atomic E-state index is 11.8. The number of amides is 1. The van der Waals surface area contributed by atoms with Crippen LogP contribution in [0.25, 0.3) is 0 Å². The summed E-state index contributed by atoms with van der Waals surface area (Å²) >= 11 is 1.63. The molecule has 3 N–H and O–H groups in total. The second kappa shape index (κ2) is 8.86. The molecule has 0 saturated heterocycles. The summed E-state index contributed by atoms with van der Waals surface area (Å²) in [6, 6.07) is 0. The van der Waals surface area contributed by atoms with E-state index in [1.54, 1.807) is 11.3 Å². The van der Waals surface area contributed by atoms with Crippen molar-refractivity contribution in [2.75, 3.05) is 13.1 Å². The quantitative estimate of drug-likeness (QED) is 0.549. The first-order chi connectivity index (χ1) is 10.7. The summed E-state index contributed by atoms with van der Waals surface area (Å²) in [5.41, 5.74) is 0.866. The molecule has 1 rings (SSSR count). The van der Waals surface area contributed by atoms with E-state index in [1.165, 1.54) is 0 Å². The van der Waals surface area contributed by atoms with E-state index in [9.17, 15) is 4.79 Å². The van der Waals surface area contributed by atoms with Gasteiger partial charge in [-0.15, -0.1) is 11.3 Å². The Morgan fingerprint density at radius 2 is 2.04 bits per heavy atom. The molecule has 130 valence electrons. The lowest BCUT2D eigenvalue weighted by Crippen LogP contribution is -2.43. The molecule has 0 aliphatic heterocycles. The lowest BCUT2D eigenvalue weighted by Gasteiger charge is -2.20. The Balaban J connectivity index is 2.56. The maximum atomic E-state index is 11.8. The van der Waals surface area contributed by atoms with Gasteiger partial charge < -0.3 is 16.0 Å². The lowest BCUT2D eigenvalue weighted by atomic mass is 10.1. The van der Waals surface area contributed by atoms with Crippen LogP contribution in [0.2, 0.25) is 0 Å². The van der Waals surface area contributed by atoms with Crippen molar-refractivity contribution < 1.29 is 4.79 Å². The van der Waals surface area contributed by atoms with Crippen molar-refractivity contribution in [3.8, 4) is 0 Å². The molecule has 0 fully saturated rings. The van der Waals surface area contributed by atoms with Gasteiger partial charge in [-0.05, 0) is 33.6 Å². The first-order valence-electron chi connectivity index (χ1n) is 7.98. The van der Waals surface area contributed by atoms with Crippen molar-refractivity contribution in [1.29, 1.82) is 0 Å². The lowest BCUT2D eigenvalue weighted by molar-refractivity contribution is -0.121. The van der Waals surface area contributed by atoms with E-state index in [1.807, 2.05) is 27.7 Å². The molecule has 1 heterocycles. The van der Waals surface area contributed by atoms with Crippen LogP contribution in [0, 0.1) is 0 Å². The fourth-order valence-electron chi connectivity index (χ4n) is 1.78. The molecule has 6 nitrogen and oxygen atoms in total. The molecule has 0 aromatic carbocycles. The van der Waals surface area contributed by atoms with Gasteiger partial charge in [-0.3, -0.25) is 4.79 Å². The normalized spacial score (nSPS) is 12.4. The van der Waals surface area contributed by atoms with Gasteiger partial charge in [0.1, 0.15) is 11.6 Å². The first-order valence-corrected chi connectivity index (χ1v) is 8.86. The third-order valence-corrected chi connectivity index (χ3v) is 3.67. The van der Waals surface area contributed by atoms with Gasteiger partial charge in [0.25, 0.3) is 0 Å². The number of guanidine groups is 1. The number of thiazole rings is 1. The second-order valence-corrected chi connectivity index (χ2v) is 7.61. The van der Waals surface area contributed by atoms with Crippen molar-refractivity contribution in [2.45, 2.75) is 59.5 Å². The predicted molar refractivity (Wildman–Crippen MR) is 96.9 cm³/mol. The van der Waals surface area contributed by atoms with E-state index < -0.39 is 0 Å². The maximum Gasteiger partial charge on any atom is 0.242 e. The van der Waals surface area contributed by atoms with Crippen LogP contribution >= 0.6 is 11.3 Å². The first kappa shape index (κ1) is 19.4. The summed E-state index contributed by atoms with van der Waals surface area (Å²) in [5, 5.41) is 12.3. The van der Waals surface area contributed by atoms with E-state index in [4.69, 9.17) is 0 Å². The molecule has 0 spiro atoms. The van der Waals surface area contributed by atoms with E-state index in [-0.39, 0.29) is 18.0 Å². The van der Waals surface area contributed by atoms with Gasteiger partial charge in [0.2, 0.25) is 5.91 Å². The van der Waals surface area contributed by atoms with Gasteiger partial charge >= 0.3 is 0 Å². The number of nitrogens with zero attached hydrogens (tertiary/aromatic N) is 2. The molecule has 23 heavy (non-hydrogen) atoms. The average Bonchev–Trinajstić information content (AvgIpc) is 2.89. The van der Waals surface area contributed by atoms with Crippen LogP contribution in [0.4, 0.5) is 0 Å². The summed E-state index contributed by atoms with van der Waals surface area (Å²) in [6.45, 7) is 13.5. The molecule has 1 aromatic rings. The van der Waals surface area contributed by atoms with Gasteiger partial charge in [-0.25, -0.2) is 9.98 Å². The van der Waals surface area contributed by atoms with Gasteiger partial charge in [-0.1, -0.05) is 13.8 Å². The SMILES string of the molecule is CCNC(=NCC(=O)NC(C)(C)C)NCc1nc(C(C)C)cs1. The zero-order valence-corrected chi connectivity index (χ0v) is 15.8. The molecule has 0 unspecified atom stereocenters. The smallest absolute Gasteiger partial charge is 0.242 e. The number of aliphatic imine (C=N–C) groups is 1. The van der Waals surface area contributed by atoms with Crippen LogP contribution in [-0.4, -0.2) is 35.5 Å². The second-order valence-electron chi connectivity index (χ2n) is 6.67. The standard InChI is InChI=1S/C16H29N5OS/c1-7-17-15(18-8-13(22)21-16(4,5)6)19-9-14-20-12(10-23-14)11(2)3/h10-11H,7-9H2,1-6H3,(H,21,22)(H2,17,18,19). The zero-order chi connectivity index (χ0) is 17.5. The van der Waals surface area contributed by atoms with E-state index >= 15 is 0 Å². The Morgan fingerprint density at radius 1 is 1.35 bits per heavy atom. The minimum atomic E-state index is -0.244. The van der Waals surface area contributed by atoms with Crippen molar-refractivity contribution in [3.05, 3.63) is 16.1 Å². The topological polar surface area (TPSA) is 78.4 Å². The Labute approximate surface area is 143 Å². The Hall–Kier alpha value is -1.63. The van der Waals surface area contributed by atoms with Crippen LogP contribution in [0.15, 0.2) is 10.4 Å².